The van der Waals surface area contributed by atoms with Gasteiger partial charge in [0.1, 0.15) is 5.75 Å². The number of nitrogens with two attached hydrogens (primary N) is 1. The van der Waals surface area contributed by atoms with Gasteiger partial charge in [-0.2, -0.15) is 0 Å². The summed E-state index contributed by atoms with van der Waals surface area (Å²) in [5.74, 6) is -1.63. The van der Waals surface area contributed by atoms with E-state index in [0.29, 0.717) is 0 Å². The van der Waals surface area contributed by atoms with Crippen molar-refractivity contribution < 1.29 is 13.5 Å². The molecule has 2 aromatic rings. The Kier molecular flexibility index (Phi) is 3.59. The fourth-order valence-corrected chi connectivity index (χ4v) is 1.63. The highest BCUT2D eigenvalue weighted by Crippen LogP contribution is 2.35. The topological polar surface area (TPSA) is 35.2 Å². The van der Waals surface area contributed by atoms with Gasteiger partial charge in [-0.1, -0.05) is 23.2 Å². The van der Waals surface area contributed by atoms with E-state index in [1.54, 1.807) is 0 Å². The van der Waals surface area contributed by atoms with E-state index in [4.69, 9.17) is 33.7 Å². The molecule has 2 nitrogen and oxygen atoms in total. The van der Waals surface area contributed by atoms with Crippen molar-refractivity contribution in [3.05, 3.63) is 52.0 Å². The number of hydrogen-bond acceptors (Lipinski definition) is 2. The Morgan fingerprint density at radius 2 is 1.61 bits per heavy atom. The lowest BCUT2D eigenvalue weighted by Crippen LogP contribution is -1.93. The normalized spacial score (nSPS) is 10.4. The molecule has 0 saturated carbocycles. The molecule has 94 valence electrons. The summed E-state index contributed by atoms with van der Waals surface area (Å²) < 4.78 is 31.0. The average molecular weight is 290 g/mol. The van der Waals surface area contributed by atoms with Crippen LogP contribution in [0.1, 0.15) is 0 Å². The minimum atomic E-state index is -1.01. The Morgan fingerprint density at radius 3 is 2.28 bits per heavy atom. The molecule has 6 heteroatoms. The predicted octanol–water partition coefficient (Wildman–Crippen LogP) is 4.65. The highest BCUT2D eigenvalue weighted by atomic mass is 35.5. The van der Waals surface area contributed by atoms with Crippen LogP contribution in [0.4, 0.5) is 14.5 Å². The molecule has 2 rings (SSSR count). The van der Waals surface area contributed by atoms with Gasteiger partial charge in [0.15, 0.2) is 17.4 Å². The first-order chi connectivity index (χ1) is 8.47. The van der Waals surface area contributed by atoms with E-state index < -0.39 is 11.6 Å². The van der Waals surface area contributed by atoms with Crippen molar-refractivity contribution in [2.75, 3.05) is 5.73 Å². The number of rotatable bonds is 2. The number of anilines is 1. The molecular formula is C12H7Cl2F2NO. The second-order valence-electron chi connectivity index (χ2n) is 3.48. The van der Waals surface area contributed by atoms with Crippen LogP contribution >= 0.6 is 23.2 Å². The fraction of sp³-hybridized carbons (Fsp3) is 0. The zero-order valence-corrected chi connectivity index (χ0v) is 10.4. The van der Waals surface area contributed by atoms with Crippen molar-refractivity contribution in [3.63, 3.8) is 0 Å². The maximum Gasteiger partial charge on any atom is 0.162 e. The predicted molar refractivity (Wildman–Crippen MR) is 67.3 cm³/mol. The van der Waals surface area contributed by atoms with Crippen molar-refractivity contribution in [2.24, 2.45) is 0 Å². The van der Waals surface area contributed by atoms with Crippen LogP contribution in [-0.4, -0.2) is 0 Å². The van der Waals surface area contributed by atoms with Crippen LogP contribution in [-0.2, 0) is 0 Å². The third kappa shape index (κ3) is 2.66. The Hall–Kier alpha value is -1.52. The highest BCUT2D eigenvalue weighted by molar-refractivity contribution is 6.42. The molecule has 0 spiro atoms. The molecule has 0 radical (unpaired) electrons. The maximum absolute atomic E-state index is 13.0. The van der Waals surface area contributed by atoms with E-state index in [1.165, 1.54) is 18.2 Å². The summed E-state index contributed by atoms with van der Waals surface area (Å²) in [5, 5.41) is 0.537. The lowest BCUT2D eigenvalue weighted by atomic mass is 10.3. The molecule has 0 unspecified atom stereocenters. The molecule has 18 heavy (non-hydrogen) atoms. The lowest BCUT2D eigenvalue weighted by molar-refractivity contribution is 0.463. The Morgan fingerprint density at radius 1 is 0.944 bits per heavy atom. The van der Waals surface area contributed by atoms with Crippen LogP contribution < -0.4 is 10.5 Å². The summed E-state index contributed by atoms with van der Waals surface area (Å²) in [6.45, 7) is 0. The highest BCUT2D eigenvalue weighted by Gasteiger charge is 2.09. The van der Waals surface area contributed by atoms with Crippen molar-refractivity contribution in [3.8, 4) is 11.5 Å². The smallest absolute Gasteiger partial charge is 0.162 e. The number of nitrogen functional groups attached to an aromatic ring is 1. The first kappa shape index (κ1) is 12.9. The van der Waals surface area contributed by atoms with E-state index in [-0.39, 0.29) is 27.2 Å². The van der Waals surface area contributed by atoms with Crippen LogP contribution in [0.25, 0.3) is 0 Å². The summed E-state index contributed by atoms with van der Waals surface area (Å²) in [6, 6.07) is 5.97. The minimum Gasteiger partial charge on any atom is -0.455 e. The van der Waals surface area contributed by atoms with E-state index in [1.807, 2.05) is 0 Å². The Labute approximate surface area is 112 Å². The molecule has 0 aromatic heterocycles. The SMILES string of the molecule is Nc1cc(Cl)c(Cl)cc1Oc1ccc(F)c(F)c1. The van der Waals surface area contributed by atoms with Crippen LogP contribution in [0.2, 0.25) is 10.0 Å². The summed E-state index contributed by atoms with van der Waals surface area (Å²) in [5.41, 5.74) is 5.91. The number of hydrogen-bond donors (Lipinski definition) is 1. The number of halogens is 4. The molecule has 0 bridgehead atoms. The van der Waals surface area contributed by atoms with Crippen LogP contribution in [0.15, 0.2) is 30.3 Å². The molecule has 0 aliphatic heterocycles. The summed E-state index contributed by atoms with van der Waals surface area (Å²) in [7, 11) is 0. The largest absolute Gasteiger partial charge is 0.455 e. The molecule has 0 saturated heterocycles. The van der Waals surface area contributed by atoms with Gasteiger partial charge < -0.3 is 10.5 Å². The standard InChI is InChI=1S/C12H7Cl2F2NO/c13-7-4-11(17)12(5-8(7)14)18-6-1-2-9(15)10(16)3-6/h1-5H,17H2. The summed E-state index contributed by atoms with van der Waals surface area (Å²) in [6.07, 6.45) is 0. The first-order valence-corrected chi connectivity index (χ1v) is 5.60. The van der Waals surface area contributed by atoms with Crippen LogP contribution in [0.3, 0.4) is 0 Å². The van der Waals surface area contributed by atoms with Crippen molar-refractivity contribution >= 4 is 28.9 Å². The molecule has 0 aliphatic rings. The van der Waals surface area contributed by atoms with Crippen LogP contribution in [0.5, 0.6) is 11.5 Å². The second kappa shape index (κ2) is 5.00. The molecule has 0 heterocycles. The summed E-state index contributed by atoms with van der Waals surface area (Å²) in [4.78, 5) is 0. The van der Waals surface area contributed by atoms with Gasteiger partial charge in [-0.3, -0.25) is 0 Å². The zero-order valence-electron chi connectivity index (χ0n) is 8.88. The third-order valence-corrected chi connectivity index (χ3v) is 2.89. The fourth-order valence-electron chi connectivity index (χ4n) is 1.30. The molecule has 0 fully saturated rings. The number of ether oxygens (including phenoxy) is 1. The quantitative estimate of drug-likeness (QED) is 0.817. The monoisotopic (exact) mass is 289 g/mol. The van der Waals surface area contributed by atoms with E-state index >= 15 is 0 Å². The van der Waals surface area contributed by atoms with Gasteiger partial charge in [0.25, 0.3) is 0 Å². The van der Waals surface area contributed by atoms with E-state index in [2.05, 4.69) is 0 Å². The molecule has 0 aliphatic carbocycles. The second-order valence-corrected chi connectivity index (χ2v) is 4.30. The Bertz CT molecular complexity index is 605. The Balaban J connectivity index is 2.34. The van der Waals surface area contributed by atoms with Gasteiger partial charge in [-0.05, 0) is 18.2 Å². The van der Waals surface area contributed by atoms with Crippen molar-refractivity contribution in [1.29, 1.82) is 0 Å². The number of benzene rings is 2. The van der Waals surface area contributed by atoms with Gasteiger partial charge in [0.2, 0.25) is 0 Å². The molecule has 0 atom stereocenters. The van der Waals surface area contributed by atoms with Gasteiger partial charge >= 0.3 is 0 Å². The molecule has 2 aromatic carbocycles. The summed E-state index contributed by atoms with van der Waals surface area (Å²) >= 11 is 11.6. The van der Waals surface area contributed by atoms with Crippen molar-refractivity contribution in [2.45, 2.75) is 0 Å². The van der Waals surface area contributed by atoms with Crippen LogP contribution in [0, 0.1) is 11.6 Å². The van der Waals surface area contributed by atoms with Gasteiger partial charge in [-0.15, -0.1) is 0 Å². The third-order valence-electron chi connectivity index (χ3n) is 2.17. The zero-order chi connectivity index (χ0) is 13.3. The van der Waals surface area contributed by atoms with E-state index in [9.17, 15) is 8.78 Å². The van der Waals surface area contributed by atoms with E-state index in [0.717, 1.165) is 12.1 Å². The molecule has 0 amide bonds. The lowest BCUT2D eigenvalue weighted by Gasteiger charge is -2.10. The van der Waals surface area contributed by atoms with Gasteiger partial charge in [-0.25, -0.2) is 8.78 Å². The van der Waals surface area contributed by atoms with Gasteiger partial charge in [0, 0.05) is 12.1 Å². The molecular weight excluding hydrogens is 283 g/mol. The minimum absolute atomic E-state index is 0.110. The van der Waals surface area contributed by atoms with Crippen molar-refractivity contribution in [1.82, 2.24) is 0 Å². The van der Waals surface area contributed by atoms with Gasteiger partial charge in [0.05, 0.1) is 15.7 Å². The molecule has 2 N–H and O–H groups in total. The first-order valence-electron chi connectivity index (χ1n) is 4.85. The maximum atomic E-state index is 13.0. The average Bonchev–Trinajstić information content (AvgIpc) is 2.31.